The minimum absolute atomic E-state index is 0. The van der Waals surface area contributed by atoms with E-state index < -0.39 is 0 Å². The number of rotatable bonds is 9. The molecule has 2 aliphatic rings. The molecule has 25 heavy (non-hydrogen) atoms. The molecule has 2 fully saturated rings. The molecule has 0 saturated carbocycles. The molecule has 2 rings (SSSR count). The van der Waals surface area contributed by atoms with Gasteiger partial charge in [-0.2, -0.15) is 0 Å². The highest BCUT2D eigenvalue weighted by atomic mass is 127. The van der Waals surface area contributed by atoms with Crippen LogP contribution in [-0.2, 0) is 9.47 Å². The van der Waals surface area contributed by atoms with Crippen molar-refractivity contribution in [3.05, 3.63) is 0 Å². The molecular formula is C18H37IN4O2. The second-order valence-corrected chi connectivity index (χ2v) is 6.77. The molecule has 0 amide bonds. The fourth-order valence-corrected chi connectivity index (χ4v) is 3.58. The van der Waals surface area contributed by atoms with Crippen LogP contribution in [-0.4, -0.2) is 88.0 Å². The molecule has 2 unspecified atom stereocenters. The summed E-state index contributed by atoms with van der Waals surface area (Å²) in [6.45, 7) is 13.3. The lowest BCUT2D eigenvalue weighted by atomic mass is 10.1. The minimum Gasteiger partial charge on any atom is -0.377 e. The van der Waals surface area contributed by atoms with E-state index in [9.17, 15) is 0 Å². The summed E-state index contributed by atoms with van der Waals surface area (Å²) in [5.41, 5.74) is 0. The SMILES string of the molecule is CCN(CC)CC1CCN(C(=NC)NCCOCC2CCCO2)C1.I. The average Bonchev–Trinajstić information content (AvgIpc) is 3.28. The average molecular weight is 468 g/mol. The fourth-order valence-electron chi connectivity index (χ4n) is 3.58. The van der Waals surface area contributed by atoms with Gasteiger partial charge in [0, 0.05) is 39.8 Å². The van der Waals surface area contributed by atoms with Crippen molar-refractivity contribution in [2.45, 2.75) is 39.2 Å². The van der Waals surface area contributed by atoms with E-state index in [-0.39, 0.29) is 24.0 Å². The third-order valence-electron chi connectivity index (χ3n) is 5.07. The van der Waals surface area contributed by atoms with E-state index in [1.54, 1.807) is 0 Å². The van der Waals surface area contributed by atoms with E-state index >= 15 is 0 Å². The van der Waals surface area contributed by atoms with Crippen molar-refractivity contribution in [2.24, 2.45) is 10.9 Å². The zero-order valence-corrected chi connectivity index (χ0v) is 18.5. The third-order valence-corrected chi connectivity index (χ3v) is 5.07. The van der Waals surface area contributed by atoms with Crippen molar-refractivity contribution in [1.82, 2.24) is 15.1 Å². The van der Waals surface area contributed by atoms with Crippen molar-refractivity contribution in [2.75, 3.05) is 66.1 Å². The monoisotopic (exact) mass is 468 g/mol. The van der Waals surface area contributed by atoms with Crippen molar-refractivity contribution in [3.8, 4) is 0 Å². The molecule has 2 saturated heterocycles. The van der Waals surface area contributed by atoms with Crippen LogP contribution in [0.1, 0.15) is 33.1 Å². The van der Waals surface area contributed by atoms with Crippen molar-refractivity contribution < 1.29 is 9.47 Å². The van der Waals surface area contributed by atoms with Crippen LogP contribution >= 0.6 is 24.0 Å². The van der Waals surface area contributed by atoms with E-state index in [1.165, 1.54) is 19.4 Å². The van der Waals surface area contributed by atoms with E-state index in [0.29, 0.717) is 12.7 Å². The minimum atomic E-state index is 0. The van der Waals surface area contributed by atoms with Crippen LogP contribution < -0.4 is 5.32 Å². The van der Waals surface area contributed by atoms with Crippen LogP contribution in [0.3, 0.4) is 0 Å². The lowest BCUT2D eigenvalue weighted by Crippen LogP contribution is -2.42. The van der Waals surface area contributed by atoms with Gasteiger partial charge in [0.05, 0.1) is 19.3 Å². The molecule has 0 radical (unpaired) electrons. The Labute approximate surface area is 170 Å². The molecule has 1 N–H and O–H groups in total. The Hall–Kier alpha value is -0.120. The highest BCUT2D eigenvalue weighted by Crippen LogP contribution is 2.17. The lowest BCUT2D eigenvalue weighted by molar-refractivity contribution is 0.0190. The molecule has 2 atom stereocenters. The Morgan fingerprint density at radius 2 is 2.12 bits per heavy atom. The number of likely N-dealkylation sites (tertiary alicyclic amines) is 1. The molecule has 148 valence electrons. The summed E-state index contributed by atoms with van der Waals surface area (Å²) in [5, 5.41) is 3.44. The topological polar surface area (TPSA) is 49.3 Å². The second kappa shape index (κ2) is 13.1. The van der Waals surface area contributed by atoms with Gasteiger partial charge in [0.1, 0.15) is 0 Å². The van der Waals surface area contributed by atoms with Crippen LogP contribution in [0.15, 0.2) is 4.99 Å². The maximum atomic E-state index is 5.71. The predicted octanol–water partition coefficient (Wildman–Crippen LogP) is 2.04. The number of aliphatic imine (C=N–C) groups is 1. The van der Waals surface area contributed by atoms with Crippen LogP contribution in [0.25, 0.3) is 0 Å². The smallest absolute Gasteiger partial charge is 0.193 e. The van der Waals surface area contributed by atoms with E-state index in [4.69, 9.17) is 9.47 Å². The van der Waals surface area contributed by atoms with Gasteiger partial charge in [0.15, 0.2) is 5.96 Å². The summed E-state index contributed by atoms with van der Waals surface area (Å²) in [5.74, 6) is 1.76. The summed E-state index contributed by atoms with van der Waals surface area (Å²) in [6.07, 6.45) is 3.87. The summed E-state index contributed by atoms with van der Waals surface area (Å²) < 4.78 is 11.3. The lowest BCUT2D eigenvalue weighted by Gasteiger charge is -2.24. The van der Waals surface area contributed by atoms with Crippen molar-refractivity contribution in [1.29, 1.82) is 0 Å². The van der Waals surface area contributed by atoms with Crippen LogP contribution in [0.2, 0.25) is 0 Å². The van der Waals surface area contributed by atoms with Gasteiger partial charge in [-0.3, -0.25) is 4.99 Å². The van der Waals surface area contributed by atoms with Gasteiger partial charge in [-0.15, -0.1) is 24.0 Å². The molecule has 6 nitrogen and oxygen atoms in total. The quantitative estimate of drug-likeness (QED) is 0.243. The molecule has 0 aromatic rings. The van der Waals surface area contributed by atoms with Gasteiger partial charge in [-0.05, 0) is 38.3 Å². The summed E-state index contributed by atoms with van der Waals surface area (Å²) in [7, 11) is 1.87. The third kappa shape index (κ3) is 7.97. The zero-order chi connectivity index (χ0) is 17.2. The Balaban J connectivity index is 0.00000312. The first-order chi connectivity index (χ1) is 11.8. The van der Waals surface area contributed by atoms with Gasteiger partial charge in [0.2, 0.25) is 0 Å². The first kappa shape index (κ1) is 22.9. The number of halogens is 1. The van der Waals surface area contributed by atoms with Crippen molar-refractivity contribution >= 4 is 29.9 Å². The zero-order valence-electron chi connectivity index (χ0n) is 16.2. The Bertz CT molecular complexity index is 374. The van der Waals surface area contributed by atoms with E-state index in [2.05, 4.69) is 34.0 Å². The molecule has 0 aliphatic carbocycles. The predicted molar refractivity (Wildman–Crippen MR) is 114 cm³/mol. The molecule has 0 aromatic heterocycles. The number of nitrogens with zero attached hydrogens (tertiary/aromatic N) is 3. The van der Waals surface area contributed by atoms with Crippen LogP contribution in [0.4, 0.5) is 0 Å². The molecule has 7 heteroatoms. The highest BCUT2D eigenvalue weighted by molar-refractivity contribution is 14.0. The molecule has 2 heterocycles. The maximum Gasteiger partial charge on any atom is 0.193 e. The van der Waals surface area contributed by atoms with Gasteiger partial charge >= 0.3 is 0 Å². The number of hydrogen-bond acceptors (Lipinski definition) is 4. The highest BCUT2D eigenvalue weighted by Gasteiger charge is 2.25. The summed E-state index contributed by atoms with van der Waals surface area (Å²) >= 11 is 0. The number of guanidine groups is 1. The standard InChI is InChI=1S/C18H36N4O2.HI/c1-4-21(5-2)13-16-8-10-22(14-16)18(19-3)20-9-12-23-15-17-7-6-11-24-17;/h16-17H,4-15H2,1-3H3,(H,19,20);1H. The Morgan fingerprint density at radius 1 is 1.32 bits per heavy atom. The Kier molecular flexibility index (Phi) is 12.0. The Morgan fingerprint density at radius 3 is 2.76 bits per heavy atom. The molecule has 0 spiro atoms. The van der Waals surface area contributed by atoms with E-state index in [1.807, 2.05) is 7.05 Å². The maximum absolute atomic E-state index is 5.71. The van der Waals surface area contributed by atoms with Gasteiger partial charge in [-0.25, -0.2) is 0 Å². The van der Waals surface area contributed by atoms with Crippen LogP contribution in [0.5, 0.6) is 0 Å². The number of ether oxygens (including phenoxy) is 2. The van der Waals surface area contributed by atoms with Gasteiger partial charge in [0.25, 0.3) is 0 Å². The van der Waals surface area contributed by atoms with Crippen molar-refractivity contribution in [3.63, 3.8) is 0 Å². The molecular weight excluding hydrogens is 431 g/mol. The van der Waals surface area contributed by atoms with Gasteiger partial charge in [-0.1, -0.05) is 13.8 Å². The van der Waals surface area contributed by atoms with E-state index in [0.717, 1.165) is 64.2 Å². The normalized spacial score (nSPS) is 24.0. The summed E-state index contributed by atoms with van der Waals surface area (Å²) in [6, 6.07) is 0. The van der Waals surface area contributed by atoms with Crippen LogP contribution in [0, 0.1) is 5.92 Å². The summed E-state index contributed by atoms with van der Waals surface area (Å²) in [4.78, 5) is 9.34. The largest absolute Gasteiger partial charge is 0.377 e. The fraction of sp³-hybridized carbons (Fsp3) is 0.944. The second-order valence-electron chi connectivity index (χ2n) is 6.77. The molecule has 0 bridgehead atoms. The number of nitrogens with one attached hydrogen (secondary N) is 1. The number of hydrogen-bond donors (Lipinski definition) is 1. The molecule has 2 aliphatic heterocycles. The first-order valence-electron chi connectivity index (χ1n) is 9.64. The van der Waals surface area contributed by atoms with Gasteiger partial charge < -0.3 is 24.6 Å². The first-order valence-corrected chi connectivity index (χ1v) is 9.64. The molecule has 0 aromatic carbocycles.